The summed E-state index contributed by atoms with van der Waals surface area (Å²) in [6.45, 7) is 4.57. The molecule has 1 saturated heterocycles. The van der Waals surface area contributed by atoms with Crippen molar-refractivity contribution in [3.05, 3.63) is 46.2 Å². The van der Waals surface area contributed by atoms with Gasteiger partial charge in [-0.05, 0) is 37.5 Å². The number of aromatic amines is 1. The van der Waals surface area contributed by atoms with Crippen molar-refractivity contribution in [2.24, 2.45) is 4.99 Å². The molecular formula is C25H29N5O4. The van der Waals surface area contributed by atoms with E-state index in [4.69, 9.17) is 19.2 Å². The molecule has 9 heteroatoms. The van der Waals surface area contributed by atoms with E-state index in [0.717, 1.165) is 44.0 Å². The Labute approximate surface area is 198 Å². The Hall–Kier alpha value is -3.75. The molecule has 1 N–H and O–H groups in total. The number of fused-ring (bicyclic) bond motifs is 1. The van der Waals surface area contributed by atoms with E-state index in [-0.39, 0.29) is 11.6 Å². The van der Waals surface area contributed by atoms with Gasteiger partial charge in [0.05, 0.1) is 39.4 Å². The highest BCUT2D eigenvalue weighted by Gasteiger charge is 2.30. The maximum absolute atomic E-state index is 13.2. The van der Waals surface area contributed by atoms with Gasteiger partial charge in [-0.2, -0.15) is 0 Å². The van der Waals surface area contributed by atoms with Gasteiger partial charge in [0.1, 0.15) is 11.2 Å². The van der Waals surface area contributed by atoms with Crippen LogP contribution >= 0.6 is 0 Å². The molecule has 3 heterocycles. The molecule has 3 aromatic rings. The van der Waals surface area contributed by atoms with Gasteiger partial charge >= 0.3 is 0 Å². The number of hydrogen-bond acceptors (Lipinski definition) is 8. The third-order valence-corrected chi connectivity index (χ3v) is 6.63. The molecule has 2 aliphatic heterocycles. The number of anilines is 2. The lowest BCUT2D eigenvalue weighted by atomic mass is 10.0. The first-order chi connectivity index (χ1) is 16.5. The fourth-order valence-electron chi connectivity index (χ4n) is 5.03. The van der Waals surface area contributed by atoms with Crippen LogP contribution in [0, 0.1) is 0 Å². The molecule has 178 valence electrons. The molecular weight excluding hydrogens is 434 g/mol. The zero-order valence-corrected chi connectivity index (χ0v) is 19.9. The van der Waals surface area contributed by atoms with Gasteiger partial charge in [0.15, 0.2) is 11.5 Å². The van der Waals surface area contributed by atoms with Gasteiger partial charge in [0.2, 0.25) is 11.7 Å². The third-order valence-electron chi connectivity index (χ3n) is 6.63. The number of rotatable bonds is 6. The Morgan fingerprint density at radius 2 is 1.88 bits per heavy atom. The summed E-state index contributed by atoms with van der Waals surface area (Å²) in [5, 5.41) is 0.338. The molecule has 34 heavy (non-hydrogen) atoms. The van der Waals surface area contributed by atoms with Crippen LogP contribution in [-0.2, 0) is 0 Å². The van der Waals surface area contributed by atoms with Crippen LogP contribution in [0.4, 0.5) is 11.6 Å². The molecule has 0 bridgehead atoms. The van der Waals surface area contributed by atoms with Crippen molar-refractivity contribution in [1.82, 2.24) is 9.97 Å². The Bertz CT molecular complexity index is 1320. The number of ether oxygens (including phenoxy) is 3. The number of H-pyrrole nitrogens is 1. The first-order valence-electron chi connectivity index (χ1n) is 11.4. The zero-order chi connectivity index (χ0) is 23.8. The molecule has 0 saturated carbocycles. The smallest absolute Gasteiger partial charge is 0.264 e. The lowest BCUT2D eigenvalue weighted by Gasteiger charge is -2.27. The first kappa shape index (κ1) is 22.1. The van der Waals surface area contributed by atoms with Crippen LogP contribution in [0.2, 0.25) is 0 Å². The SMILES string of the molecule is COc1cc2nc(N3CCCC3c3cccc(N4CCN=C4C)c3)[nH]c(=O)c2c(OC)c1OC. The number of nitrogens with one attached hydrogen (secondary N) is 1. The topological polar surface area (TPSA) is 92.3 Å². The highest BCUT2D eigenvalue weighted by Crippen LogP contribution is 2.42. The highest BCUT2D eigenvalue weighted by atomic mass is 16.5. The standard InChI is InChI=1S/C25H29N5O4/c1-15-26-10-12-29(15)17-8-5-7-16(13-17)19-9-6-11-30(19)25-27-18-14-20(32-2)22(33-3)23(34-4)21(18)24(31)28-25/h5,7-8,13-14,19H,6,9-12H2,1-4H3,(H,27,28,31). The summed E-state index contributed by atoms with van der Waals surface area (Å²) < 4.78 is 16.4. The van der Waals surface area contributed by atoms with E-state index in [1.165, 1.54) is 19.8 Å². The van der Waals surface area contributed by atoms with E-state index in [1.54, 1.807) is 13.2 Å². The fourth-order valence-corrected chi connectivity index (χ4v) is 5.03. The summed E-state index contributed by atoms with van der Waals surface area (Å²) in [7, 11) is 4.56. The minimum absolute atomic E-state index is 0.113. The summed E-state index contributed by atoms with van der Waals surface area (Å²) in [6.07, 6.45) is 1.99. The number of aliphatic imine (C=N–C) groups is 1. The second kappa shape index (κ2) is 8.89. The molecule has 1 fully saturated rings. The quantitative estimate of drug-likeness (QED) is 0.598. The van der Waals surface area contributed by atoms with Crippen LogP contribution in [0.1, 0.15) is 31.4 Å². The van der Waals surface area contributed by atoms with Crippen molar-refractivity contribution in [3.63, 3.8) is 0 Å². The van der Waals surface area contributed by atoms with Crippen LogP contribution in [0.3, 0.4) is 0 Å². The predicted octanol–water partition coefficient (Wildman–Crippen LogP) is 3.53. The van der Waals surface area contributed by atoms with Crippen molar-refractivity contribution in [1.29, 1.82) is 0 Å². The predicted molar refractivity (Wildman–Crippen MR) is 133 cm³/mol. The van der Waals surface area contributed by atoms with E-state index in [9.17, 15) is 4.79 Å². The van der Waals surface area contributed by atoms with Crippen molar-refractivity contribution < 1.29 is 14.2 Å². The highest BCUT2D eigenvalue weighted by molar-refractivity contribution is 5.97. The van der Waals surface area contributed by atoms with Gasteiger partial charge in [0, 0.05) is 24.8 Å². The van der Waals surface area contributed by atoms with Gasteiger partial charge in [-0.3, -0.25) is 14.8 Å². The van der Waals surface area contributed by atoms with Crippen molar-refractivity contribution in [3.8, 4) is 17.2 Å². The molecule has 2 aliphatic rings. The van der Waals surface area contributed by atoms with E-state index >= 15 is 0 Å². The molecule has 0 amide bonds. The van der Waals surface area contributed by atoms with E-state index in [0.29, 0.717) is 34.1 Å². The number of methoxy groups -OCH3 is 3. The van der Waals surface area contributed by atoms with E-state index < -0.39 is 0 Å². The minimum atomic E-state index is -0.277. The number of amidine groups is 1. The van der Waals surface area contributed by atoms with Gasteiger partial charge in [-0.1, -0.05) is 12.1 Å². The van der Waals surface area contributed by atoms with Crippen LogP contribution in [0.15, 0.2) is 40.1 Å². The second-order valence-electron chi connectivity index (χ2n) is 8.46. The van der Waals surface area contributed by atoms with Crippen LogP contribution in [0.5, 0.6) is 17.2 Å². The van der Waals surface area contributed by atoms with Gasteiger partial charge in [0.25, 0.3) is 5.56 Å². The second-order valence-corrected chi connectivity index (χ2v) is 8.46. The van der Waals surface area contributed by atoms with Crippen LogP contribution in [0.25, 0.3) is 10.9 Å². The fraction of sp³-hybridized carbons (Fsp3) is 0.400. The number of aromatic nitrogens is 2. The molecule has 1 unspecified atom stereocenters. The van der Waals surface area contributed by atoms with Crippen LogP contribution < -0.4 is 29.6 Å². The molecule has 5 rings (SSSR count). The normalized spacial score (nSPS) is 17.9. The van der Waals surface area contributed by atoms with Gasteiger partial charge in [-0.15, -0.1) is 0 Å². The average Bonchev–Trinajstić information content (AvgIpc) is 3.52. The maximum Gasteiger partial charge on any atom is 0.264 e. The Morgan fingerprint density at radius 1 is 1.06 bits per heavy atom. The number of benzene rings is 2. The molecule has 0 aliphatic carbocycles. The molecule has 0 spiro atoms. The minimum Gasteiger partial charge on any atom is -0.493 e. The molecule has 2 aromatic carbocycles. The average molecular weight is 464 g/mol. The maximum atomic E-state index is 13.2. The van der Waals surface area contributed by atoms with Crippen molar-refractivity contribution >= 4 is 28.4 Å². The summed E-state index contributed by atoms with van der Waals surface area (Å²) in [6, 6.07) is 10.4. The number of hydrogen-bond donors (Lipinski definition) is 1. The Morgan fingerprint density at radius 3 is 2.59 bits per heavy atom. The van der Waals surface area contributed by atoms with Gasteiger partial charge in [-0.25, -0.2) is 4.98 Å². The largest absolute Gasteiger partial charge is 0.493 e. The van der Waals surface area contributed by atoms with Crippen molar-refractivity contribution in [2.45, 2.75) is 25.8 Å². The molecule has 0 radical (unpaired) electrons. The number of nitrogens with zero attached hydrogens (tertiary/aromatic N) is 4. The Balaban J connectivity index is 1.56. The summed E-state index contributed by atoms with van der Waals surface area (Å²) >= 11 is 0. The van der Waals surface area contributed by atoms with E-state index in [2.05, 4.69) is 44.0 Å². The monoisotopic (exact) mass is 463 g/mol. The first-order valence-corrected chi connectivity index (χ1v) is 11.4. The summed E-state index contributed by atoms with van der Waals surface area (Å²) in [5.74, 6) is 2.72. The third kappa shape index (κ3) is 3.61. The molecule has 1 aromatic heterocycles. The van der Waals surface area contributed by atoms with Gasteiger partial charge < -0.3 is 24.0 Å². The van der Waals surface area contributed by atoms with E-state index in [1.807, 2.05) is 6.92 Å². The molecule has 1 atom stereocenters. The molecule has 9 nitrogen and oxygen atoms in total. The lowest BCUT2D eigenvalue weighted by Crippen LogP contribution is -2.28. The lowest BCUT2D eigenvalue weighted by molar-refractivity contribution is 0.327. The van der Waals surface area contributed by atoms with Crippen LogP contribution in [-0.4, -0.2) is 56.8 Å². The summed E-state index contributed by atoms with van der Waals surface area (Å²) in [5.41, 5.74) is 2.56. The zero-order valence-electron chi connectivity index (χ0n) is 19.9. The Kier molecular flexibility index (Phi) is 5.77. The summed E-state index contributed by atoms with van der Waals surface area (Å²) in [4.78, 5) is 29.9. The van der Waals surface area contributed by atoms with Crippen molar-refractivity contribution in [2.75, 3.05) is 50.8 Å².